The second-order valence-corrected chi connectivity index (χ2v) is 3.53. The van der Waals surface area contributed by atoms with Gasteiger partial charge in [0.05, 0.1) is 6.54 Å². The number of nitrogens with one attached hydrogen (secondary N) is 2. The molecule has 0 saturated heterocycles. The molecule has 2 aromatic heterocycles. The predicted molar refractivity (Wildman–Crippen MR) is 60.3 cm³/mol. The summed E-state index contributed by atoms with van der Waals surface area (Å²) in [5.41, 5.74) is 1.83. The Kier molecular flexibility index (Phi) is 2.82. The van der Waals surface area contributed by atoms with Crippen molar-refractivity contribution in [3.8, 4) is 0 Å². The average molecular weight is 219 g/mol. The van der Waals surface area contributed by atoms with Crippen LogP contribution in [0.1, 0.15) is 5.56 Å². The van der Waals surface area contributed by atoms with E-state index in [2.05, 4.69) is 20.8 Å². The zero-order valence-corrected chi connectivity index (χ0v) is 9.19. The Bertz CT molecular complexity index is 519. The van der Waals surface area contributed by atoms with Gasteiger partial charge in [-0.15, -0.1) is 10.2 Å². The van der Waals surface area contributed by atoms with Crippen LogP contribution < -0.4 is 10.6 Å². The molecule has 0 saturated carbocycles. The van der Waals surface area contributed by atoms with E-state index in [1.807, 2.05) is 25.3 Å². The van der Waals surface area contributed by atoms with E-state index in [0.717, 1.165) is 11.2 Å². The first-order valence-electron chi connectivity index (χ1n) is 4.96. The van der Waals surface area contributed by atoms with Crippen molar-refractivity contribution in [1.82, 2.24) is 19.9 Å². The van der Waals surface area contributed by atoms with Crippen molar-refractivity contribution in [1.29, 1.82) is 0 Å². The lowest BCUT2D eigenvalue weighted by Crippen LogP contribution is -2.25. The molecule has 0 aliphatic heterocycles. The molecule has 0 aliphatic rings. The van der Waals surface area contributed by atoms with Crippen molar-refractivity contribution in [3.63, 3.8) is 0 Å². The molecule has 2 aromatic rings. The van der Waals surface area contributed by atoms with Crippen LogP contribution in [0.5, 0.6) is 0 Å². The van der Waals surface area contributed by atoms with Gasteiger partial charge in [-0.25, -0.2) is 0 Å². The molecule has 84 valence electrons. The Morgan fingerprint density at radius 3 is 3.06 bits per heavy atom. The maximum Gasteiger partial charge on any atom is 0.240 e. The highest BCUT2D eigenvalue weighted by atomic mass is 16.2. The highest BCUT2D eigenvalue weighted by Crippen LogP contribution is 2.09. The fraction of sp³-hybridized carbons (Fsp3) is 0.300. The summed E-state index contributed by atoms with van der Waals surface area (Å²) >= 11 is 0. The first-order valence-corrected chi connectivity index (χ1v) is 4.96. The van der Waals surface area contributed by atoms with Gasteiger partial charge in [-0.05, 0) is 31.7 Å². The lowest BCUT2D eigenvalue weighted by molar-refractivity contribution is -0.115. The molecule has 6 heteroatoms. The van der Waals surface area contributed by atoms with Crippen molar-refractivity contribution < 1.29 is 4.79 Å². The number of likely N-dealkylation sites (N-methyl/N-ethyl adjacent to an activating group) is 1. The Morgan fingerprint density at radius 2 is 2.31 bits per heavy atom. The Hall–Kier alpha value is -1.95. The molecule has 16 heavy (non-hydrogen) atoms. The number of hydrogen-bond acceptors (Lipinski definition) is 4. The quantitative estimate of drug-likeness (QED) is 0.773. The van der Waals surface area contributed by atoms with E-state index in [1.165, 1.54) is 0 Å². The van der Waals surface area contributed by atoms with Gasteiger partial charge in [0.25, 0.3) is 0 Å². The van der Waals surface area contributed by atoms with Crippen molar-refractivity contribution in [3.05, 3.63) is 23.9 Å². The summed E-state index contributed by atoms with van der Waals surface area (Å²) in [5.74, 6) is 0.299. The highest BCUT2D eigenvalue weighted by molar-refractivity contribution is 5.90. The maximum absolute atomic E-state index is 11.4. The number of aryl methyl sites for hydroxylation is 1. The lowest BCUT2D eigenvalue weighted by Gasteiger charge is -2.02. The molecular formula is C10H13N5O. The van der Waals surface area contributed by atoms with Gasteiger partial charge in [0.1, 0.15) is 0 Å². The van der Waals surface area contributed by atoms with Crippen LogP contribution in [0.3, 0.4) is 0 Å². The van der Waals surface area contributed by atoms with Gasteiger partial charge in [0, 0.05) is 6.20 Å². The molecule has 0 fully saturated rings. The SMILES string of the molecule is CNCC(=O)Nc1nnc2cc(C)ccn12. The number of nitrogens with zero attached hydrogens (tertiary/aromatic N) is 3. The third kappa shape index (κ3) is 2.01. The molecule has 0 aliphatic carbocycles. The van der Waals surface area contributed by atoms with Gasteiger partial charge in [-0.1, -0.05) is 0 Å². The van der Waals surface area contributed by atoms with Gasteiger partial charge >= 0.3 is 0 Å². The standard InChI is InChI=1S/C10H13N5O/c1-7-3-4-15-8(5-7)13-14-10(15)12-9(16)6-11-2/h3-5,11H,6H2,1-2H3,(H,12,14,16). The van der Waals surface area contributed by atoms with Crippen molar-refractivity contribution in [2.45, 2.75) is 6.92 Å². The summed E-state index contributed by atoms with van der Waals surface area (Å²) < 4.78 is 1.74. The van der Waals surface area contributed by atoms with Gasteiger partial charge in [-0.2, -0.15) is 0 Å². The second-order valence-electron chi connectivity index (χ2n) is 3.53. The topological polar surface area (TPSA) is 71.3 Å². The zero-order chi connectivity index (χ0) is 11.5. The number of rotatable bonds is 3. The molecule has 1 amide bonds. The summed E-state index contributed by atoms with van der Waals surface area (Å²) in [4.78, 5) is 11.4. The molecule has 6 nitrogen and oxygen atoms in total. The summed E-state index contributed by atoms with van der Waals surface area (Å²) in [7, 11) is 1.71. The number of carbonyl (C=O) groups is 1. The highest BCUT2D eigenvalue weighted by Gasteiger charge is 2.07. The fourth-order valence-corrected chi connectivity index (χ4v) is 1.41. The molecule has 0 radical (unpaired) electrons. The van der Waals surface area contributed by atoms with Crippen LogP contribution in [0.15, 0.2) is 18.3 Å². The monoisotopic (exact) mass is 219 g/mol. The molecule has 2 rings (SSSR count). The maximum atomic E-state index is 11.4. The summed E-state index contributed by atoms with van der Waals surface area (Å²) in [6.07, 6.45) is 1.83. The molecule has 0 unspecified atom stereocenters. The number of hydrogen-bond donors (Lipinski definition) is 2. The van der Waals surface area contributed by atoms with E-state index < -0.39 is 0 Å². The van der Waals surface area contributed by atoms with Gasteiger partial charge in [-0.3, -0.25) is 14.5 Å². The van der Waals surface area contributed by atoms with E-state index in [9.17, 15) is 4.79 Å². The van der Waals surface area contributed by atoms with Crippen LogP contribution in [0.2, 0.25) is 0 Å². The number of aromatic nitrogens is 3. The predicted octanol–water partition coefficient (Wildman–Crippen LogP) is 0.196. The van der Waals surface area contributed by atoms with E-state index in [0.29, 0.717) is 5.95 Å². The van der Waals surface area contributed by atoms with Gasteiger partial charge < -0.3 is 5.32 Å². The first-order chi connectivity index (χ1) is 7.70. The fourth-order valence-electron chi connectivity index (χ4n) is 1.41. The van der Waals surface area contributed by atoms with E-state index in [1.54, 1.807) is 11.4 Å². The normalized spacial score (nSPS) is 10.6. The number of amides is 1. The van der Waals surface area contributed by atoms with Crippen molar-refractivity contribution in [2.75, 3.05) is 18.9 Å². The van der Waals surface area contributed by atoms with E-state index in [4.69, 9.17) is 0 Å². The third-order valence-corrected chi connectivity index (χ3v) is 2.15. The Balaban J connectivity index is 2.28. The molecule has 0 atom stereocenters. The Morgan fingerprint density at radius 1 is 1.50 bits per heavy atom. The summed E-state index contributed by atoms with van der Waals surface area (Å²) in [5, 5.41) is 13.3. The number of fused-ring (bicyclic) bond motifs is 1. The molecule has 2 N–H and O–H groups in total. The van der Waals surface area contributed by atoms with Crippen LogP contribution in [-0.4, -0.2) is 34.1 Å². The minimum atomic E-state index is -0.141. The third-order valence-electron chi connectivity index (χ3n) is 2.15. The molecule has 0 bridgehead atoms. The second kappa shape index (κ2) is 4.28. The minimum absolute atomic E-state index is 0.141. The summed E-state index contributed by atoms with van der Waals surface area (Å²) in [6, 6.07) is 3.84. The smallest absolute Gasteiger partial charge is 0.240 e. The largest absolute Gasteiger partial charge is 0.311 e. The first kappa shape index (κ1) is 10.6. The van der Waals surface area contributed by atoms with Crippen LogP contribution in [0.25, 0.3) is 5.65 Å². The van der Waals surface area contributed by atoms with Crippen molar-refractivity contribution >= 4 is 17.5 Å². The summed E-state index contributed by atoms with van der Waals surface area (Å²) in [6.45, 7) is 2.23. The zero-order valence-electron chi connectivity index (χ0n) is 9.19. The van der Waals surface area contributed by atoms with Crippen LogP contribution in [0, 0.1) is 6.92 Å². The van der Waals surface area contributed by atoms with Crippen LogP contribution >= 0.6 is 0 Å². The number of carbonyl (C=O) groups excluding carboxylic acids is 1. The molecule has 2 heterocycles. The minimum Gasteiger partial charge on any atom is -0.311 e. The van der Waals surface area contributed by atoms with E-state index in [-0.39, 0.29) is 12.5 Å². The van der Waals surface area contributed by atoms with E-state index >= 15 is 0 Å². The van der Waals surface area contributed by atoms with Crippen molar-refractivity contribution in [2.24, 2.45) is 0 Å². The average Bonchev–Trinajstić information content (AvgIpc) is 2.61. The number of anilines is 1. The van der Waals surface area contributed by atoms with Gasteiger partial charge in [0.2, 0.25) is 11.9 Å². The Labute approximate surface area is 92.7 Å². The number of pyridine rings is 1. The lowest BCUT2D eigenvalue weighted by atomic mass is 10.3. The molecular weight excluding hydrogens is 206 g/mol. The van der Waals surface area contributed by atoms with Crippen LogP contribution in [-0.2, 0) is 4.79 Å². The van der Waals surface area contributed by atoms with Gasteiger partial charge in [0.15, 0.2) is 5.65 Å². The molecule has 0 aromatic carbocycles. The van der Waals surface area contributed by atoms with Crippen LogP contribution in [0.4, 0.5) is 5.95 Å². The molecule has 0 spiro atoms.